The average Bonchev–Trinajstić information content (AvgIpc) is 3.19. The lowest BCUT2D eigenvalue weighted by Crippen LogP contribution is -2.37. The number of para-hydroxylation sites is 2. The minimum Gasteiger partial charge on any atom is -0.364 e. The van der Waals surface area contributed by atoms with E-state index in [0.29, 0.717) is 6.54 Å². The molecule has 1 aliphatic heterocycles. The average molecular weight is 330 g/mol. The van der Waals surface area contributed by atoms with Crippen LogP contribution < -0.4 is 11.1 Å². The third-order valence-electron chi connectivity index (χ3n) is 4.55. The van der Waals surface area contributed by atoms with Gasteiger partial charge in [-0.25, -0.2) is 4.98 Å². The van der Waals surface area contributed by atoms with E-state index in [4.69, 9.17) is 15.5 Å². The van der Waals surface area contributed by atoms with E-state index in [2.05, 4.69) is 29.8 Å². The number of nitrogens with zero attached hydrogens (tertiary/aromatic N) is 2. The second-order valence-electron chi connectivity index (χ2n) is 6.71. The van der Waals surface area contributed by atoms with Crippen molar-refractivity contribution in [3.8, 4) is 0 Å². The highest BCUT2D eigenvalue weighted by Crippen LogP contribution is 2.26. The number of amides is 1. The monoisotopic (exact) mass is 330 g/mol. The Bertz CT molecular complexity index is 725. The van der Waals surface area contributed by atoms with Crippen LogP contribution in [0.25, 0.3) is 11.0 Å². The van der Waals surface area contributed by atoms with Crippen LogP contribution in [0.1, 0.15) is 51.5 Å². The summed E-state index contributed by atoms with van der Waals surface area (Å²) < 4.78 is 7.86. The van der Waals surface area contributed by atoms with Gasteiger partial charge in [-0.15, -0.1) is 0 Å². The molecule has 6 heteroatoms. The van der Waals surface area contributed by atoms with E-state index in [-0.39, 0.29) is 24.1 Å². The van der Waals surface area contributed by atoms with Crippen molar-refractivity contribution in [1.82, 2.24) is 14.9 Å². The molecule has 0 saturated carbocycles. The molecule has 0 spiro atoms. The first kappa shape index (κ1) is 16.9. The smallest absolute Gasteiger partial charge is 0.249 e. The van der Waals surface area contributed by atoms with Crippen molar-refractivity contribution in [2.45, 2.75) is 57.9 Å². The quantitative estimate of drug-likeness (QED) is 0.881. The predicted molar refractivity (Wildman–Crippen MR) is 93.6 cm³/mol. The highest BCUT2D eigenvalue weighted by atomic mass is 16.5. The molecule has 1 amide bonds. The predicted octanol–water partition coefficient (Wildman–Crippen LogP) is 2.30. The zero-order chi connectivity index (χ0) is 17.3. The normalized spacial score (nSPS) is 22.2. The number of hydrogen-bond acceptors (Lipinski definition) is 4. The molecule has 1 aliphatic rings. The van der Waals surface area contributed by atoms with Crippen molar-refractivity contribution in [2.75, 3.05) is 6.54 Å². The number of carbonyl (C=O) groups excluding carboxylic acids is 1. The summed E-state index contributed by atoms with van der Waals surface area (Å²) in [6.45, 7) is 6.67. The van der Waals surface area contributed by atoms with Crippen LogP contribution in [-0.2, 0) is 9.53 Å². The number of hydrogen-bond donors (Lipinski definition) is 2. The van der Waals surface area contributed by atoms with Crippen LogP contribution in [0.2, 0.25) is 0 Å². The van der Waals surface area contributed by atoms with Gasteiger partial charge in [-0.05, 0) is 45.7 Å². The number of carbonyl (C=O) groups is 1. The number of fused-ring (bicyclic) bond motifs is 1. The maximum Gasteiger partial charge on any atom is 0.249 e. The standard InChI is InChI=1S/C18H26N4O2/c1-11(2)22-15-7-5-4-6-14(15)21-17(22)12(3)20-18(23)16-9-8-13(10-19)24-16/h4-7,11-13,16H,8-10,19H2,1-3H3,(H,20,23)/t12?,13-,16+/m1/s1. The first-order valence-electron chi connectivity index (χ1n) is 8.64. The van der Waals surface area contributed by atoms with Gasteiger partial charge in [0.05, 0.1) is 23.2 Å². The lowest BCUT2D eigenvalue weighted by molar-refractivity contribution is -0.132. The van der Waals surface area contributed by atoms with E-state index in [1.165, 1.54) is 0 Å². The van der Waals surface area contributed by atoms with Gasteiger partial charge in [0.25, 0.3) is 0 Å². The van der Waals surface area contributed by atoms with E-state index in [1.807, 2.05) is 25.1 Å². The summed E-state index contributed by atoms with van der Waals surface area (Å²) in [5, 5.41) is 3.05. The molecule has 3 atom stereocenters. The van der Waals surface area contributed by atoms with Crippen LogP contribution in [0.5, 0.6) is 0 Å². The third kappa shape index (κ3) is 3.16. The minimum absolute atomic E-state index is 0.00343. The molecule has 6 nitrogen and oxygen atoms in total. The highest BCUT2D eigenvalue weighted by Gasteiger charge is 2.31. The number of aromatic nitrogens is 2. The van der Waals surface area contributed by atoms with Crippen molar-refractivity contribution in [1.29, 1.82) is 0 Å². The first-order valence-corrected chi connectivity index (χ1v) is 8.64. The molecule has 3 rings (SSSR count). The number of ether oxygens (including phenoxy) is 1. The second kappa shape index (κ2) is 6.91. The maximum atomic E-state index is 12.5. The minimum atomic E-state index is -0.405. The van der Waals surface area contributed by atoms with Crippen LogP contribution in [0.4, 0.5) is 0 Å². The number of nitrogens with one attached hydrogen (secondary N) is 1. The molecule has 1 aromatic heterocycles. The summed E-state index contributed by atoms with van der Waals surface area (Å²) in [5.74, 6) is 0.786. The van der Waals surface area contributed by atoms with E-state index in [1.54, 1.807) is 0 Å². The van der Waals surface area contributed by atoms with Gasteiger partial charge in [0.15, 0.2) is 0 Å². The molecule has 1 unspecified atom stereocenters. The number of benzene rings is 1. The molecule has 1 fully saturated rings. The van der Waals surface area contributed by atoms with E-state index >= 15 is 0 Å². The first-order chi connectivity index (χ1) is 11.5. The zero-order valence-electron chi connectivity index (χ0n) is 14.5. The molecule has 1 aromatic carbocycles. The maximum absolute atomic E-state index is 12.5. The fraction of sp³-hybridized carbons (Fsp3) is 0.556. The third-order valence-corrected chi connectivity index (χ3v) is 4.55. The van der Waals surface area contributed by atoms with Gasteiger partial charge in [0.2, 0.25) is 5.91 Å². The van der Waals surface area contributed by atoms with Gasteiger partial charge in [-0.2, -0.15) is 0 Å². The van der Waals surface area contributed by atoms with Crippen molar-refractivity contribution in [3.63, 3.8) is 0 Å². The van der Waals surface area contributed by atoms with E-state index < -0.39 is 6.10 Å². The van der Waals surface area contributed by atoms with Crippen LogP contribution in [-0.4, -0.2) is 34.2 Å². The molecule has 3 N–H and O–H groups in total. The van der Waals surface area contributed by atoms with Gasteiger partial charge in [-0.1, -0.05) is 12.1 Å². The topological polar surface area (TPSA) is 82.2 Å². The summed E-state index contributed by atoms with van der Waals surface area (Å²) in [5.41, 5.74) is 7.65. The molecular formula is C18H26N4O2. The Labute approximate surface area is 142 Å². The number of rotatable bonds is 5. The SMILES string of the molecule is CC(NC(=O)[C@@H]1CC[C@H](CN)O1)c1nc2ccccc2n1C(C)C. The molecule has 0 radical (unpaired) electrons. The summed E-state index contributed by atoms with van der Waals surface area (Å²) in [6.07, 6.45) is 1.16. The van der Waals surface area contributed by atoms with Crippen LogP contribution >= 0.6 is 0 Å². The fourth-order valence-electron chi connectivity index (χ4n) is 3.35. The summed E-state index contributed by atoms with van der Waals surface area (Å²) in [4.78, 5) is 17.2. The Kier molecular flexibility index (Phi) is 4.87. The molecule has 2 heterocycles. The van der Waals surface area contributed by atoms with Gasteiger partial charge < -0.3 is 20.4 Å². The lowest BCUT2D eigenvalue weighted by atomic mass is 10.2. The Hall–Kier alpha value is -1.92. The van der Waals surface area contributed by atoms with Crippen molar-refractivity contribution in [2.24, 2.45) is 5.73 Å². The Morgan fingerprint density at radius 2 is 2.12 bits per heavy atom. The molecular weight excluding hydrogens is 304 g/mol. The van der Waals surface area contributed by atoms with Gasteiger partial charge in [0.1, 0.15) is 11.9 Å². The van der Waals surface area contributed by atoms with Crippen molar-refractivity contribution < 1.29 is 9.53 Å². The van der Waals surface area contributed by atoms with Crippen LogP contribution in [0.3, 0.4) is 0 Å². The van der Waals surface area contributed by atoms with Gasteiger partial charge >= 0.3 is 0 Å². The Balaban J connectivity index is 1.80. The summed E-state index contributed by atoms with van der Waals surface area (Å²) in [6, 6.07) is 8.12. The lowest BCUT2D eigenvalue weighted by Gasteiger charge is -2.20. The van der Waals surface area contributed by atoms with E-state index in [9.17, 15) is 4.79 Å². The number of nitrogens with two attached hydrogens (primary N) is 1. The van der Waals surface area contributed by atoms with Crippen LogP contribution in [0, 0.1) is 0 Å². The molecule has 2 aromatic rings. The fourth-order valence-corrected chi connectivity index (χ4v) is 3.35. The zero-order valence-corrected chi connectivity index (χ0v) is 14.5. The molecule has 1 saturated heterocycles. The van der Waals surface area contributed by atoms with E-state index in [0.717, 1.165) is 29.7 Å². The number of imidazole rings is 1. The summed E-state index contributed by atoms with van der Waals surface area (Å²) in [7, 11) is 0. The largest absolute Gasteiger partial charge is 0.364 e. The van der Waals surface area contributed by atoms with Crippen LogP contribution in [0.15, 0.2) is 24.3 Å². The van der Waals surface area contributed by atoms with Crippen molar-refractivity contribution in [3.05, 3.63) is 30.1 Å². The highest BCUT2D eigenvalue weighted by molar-refractivity contribution is 5.82. The molecule has 0 aliphatic carbocycles. The van der Waals surface area contributed by atoms with Crippen molar-refractivity contribution >= 4 is 16.9 Å². The molecule has 24 heavy (non-hydrogen) atoms. The second-order valence-corrected chi connectivity index (χ2v) is 6.71. The van der Waals surface area contributed by atoms with Gasteiger partial charge in [-0.3, -0.25) is 4.79 Å². The Morgan fingerprint density at radius 1 is 1.38 bits per heavy atom. The Morgan fingerprint density at radius 3 is 2.79 bits per heavy atom. The van der Waals surface area contributed by atoms with Gasteiger partial charge in [0, 0.05) is 12.6 Å². The molecule has 0 bridgehead atoms. The summed E-state index contributed by atoms with van der Waals surface area (Å²) >= 11 is 0. The molecule has 130 valence electrons.